The molecule has 3 N–H and O–H groups in total. The second kappa shape index (κ2) is 14.3. The van der Waals surface area contributed by atoms with Gasteiger partial charge in [-0.05, 0) is 104 Å². The van der Waals surface area contributed by atoms with Gasteiger partial charge in [-0.15, -0.1) is 0 Å². The van der Waals surface area contributed by atoms with Crippen LogP contribution in [0.5, 0.6) is 0 Å². The van der Waals surface area contributed by atoms with Crippen molar-refractivity contribution < 1.29 is 19.1 Å². The van der Waals surface area contributed by atoms with Crippen molar-refractivity contribution in [1.29, 1.82) is 0 Å². The van der Waals surface area contributed by atoms with Gasteiger partial charge in [-0.1, -0.05) is 51.7 Å². The van der Waals surface area contributed by atoms with Crippen LogP contribution in [-0.2, 0) is 14.3 Å². The number of benzene rings is 2. The van der Waals surface area contributed by atoms with Crippen molar-refractivity contribution in [2.75, 3.05) is 20.2 Å². The van der Waals surface area contributed by atoms with Crippen LogP contribution in [0.4, 0.5) is 4.79 Å². The predicted octanol–water partition coefficient (Wildman–Crippen LogP) is 7.13. The van der Waals surface area contributed by atoms with Crippen LogP contribution in [0.25, 0.3) is 22.3 Å². The number of hydrogen-bond donors (Lipinski definition) is 3. The molecule has 2 aliphatic heterocycles. The van der Waals surface area contributed by atoms with Crippen LogP contribution in [0.15, 0.2) is 48.7 Å². The quantitative estimate of drug-likeness (QED) is 0.157. The Morgan fingerprint density at radius 2 is 1.69 bits per heavy atom. The minimum Gasteiger partial charge on any atom is -0.453 e. The number of hydrogen-bond acceptors (Lipinski definition) is 6. The van der Waals surface area contributed by atoms with E-state index in [2.05, 4.69) is 52.8 Å². The van der Waals surface area contributed by atoms with Crippen molar-refractivity contribution in [3.63, 3.8) is 0 Å². The van der Waals surface area contributed by atoms with E-state index in [1.807, 2.05) is 60.5 Å². The van der Waals surface area contributed by atoms with Crippen LogP contribution in [-0.4, -0.2) is 73.9 Å². The lowest BCUT2D eigenvalue weighted by atomic mass is 9.96. The van der Waals surface area contributed by atoms with Crippen LogP contribution in [0.3, 0.4) is 0 Å². The van der Waals surface area contributed by atoms with Gasteiger partial charge in [0, 0.05) is 30.1 Å². The summed E-state index contributed by atoms with van der Waals surface area (Å²) in [7, 11) is 1.30. The Balaban J connectivity index is 0.955. The highest BCUT2D eigenvalue weighted by molar-refractivity contribution is 5.86. The number of aromatic amines is 2. The monoisotopic (exact) mass is 729 g/mol. The molecule has 2 aromatic heterocycles. The highest BCUT2D eigenvalue weighted by Crippen LogP contribution is 2.58. The maximum atomic E-state index is 13.6. The molecule has 0 bridgehead atoms. The Labute approximate surface area is 317 Å². The number of alkyl carbamates (subject to hydrolysis) is 1. The van der Waals surface area contributed by atoms with Crippen molar-refractivity contribution in [3.05, 3.63) is 71.4 Å². The maximum absolute atomic E-state index is 13.6. The van der Waals surface area contributed by atoms with E-state index in [4.69, 9.17) is 14.7 Å². The largest absolute Gasteiger partial charge is 0.453 e. The number of rotatable bonds is 9. The Morgan fingerprint density at radius 1 is 0.944 bits per heavy atom. The van der Waals surface area contributed by atoms with Crippen molar-refractivity contribution >= 4 is 28.9 Å². The summed E-state index contributed by atoms with van der Waals surface area (Å²) in [4.78, 5) is 59.9. The standard InChI is InChI=1S/C43H51N7O4/c1-6-32(48-42(53)54-5)41(52)50-24-43(17-18-43)21-37(50)38-44-22-35(47-38)30-12-9-27(10-13-30)7-8-28-11-16-33-34(19-28)46-39(45-33)36-20-31(29-14-15-29)23-49(36)40(51)26(4)25(2)3/h9-13,16,19,22,25-26,29,31-32,36-37H,6,14-15,17-18,20-21,23-24H2,1-5H3,(H,44,47)(H,45,46)(H,48,53)/t26-,31-,32-,36-,37-/m0/s1. The molecule has 4 aromatic rings. The number of nitrogens with one attached hydrogen (secondary N) is 3. The Bertz CT molecular complexity index is 2120. The summed E-state index contributed by atoms with van der Waals surface area (Å²) in [6, 6.07) is 13.3. The Morgan fingerprint density at radius 3 is 2.37 bits per heavy atom. The number of likely N-dealkylation sites (tertiary alicyclic amines) is 2. The van der Waals surface area contributed by atoms with Gasteiger partial charge in [0.1, 0.15) is 17.7 Å². The average Bonchev–Trinajstić information content (AvgIpc) is 3.90. The van der Waals surface area contributed by atoms with Gasteiger partial charge in [0.2, 0.25) is 11.8 Å². The fraction of sp³-hybridized carbons (Fsp3) is 0.512. The van der Waals surface area contributed by atoms with Crippen LogP contribution in [0, 0.1) is 40.9 Å². The highest BCUT2D eigenvalue weighted by atomic mass is 16.5. The first-order valence-electron chi connectivity index (χ1n) is 19.7. The second-order valence-electron chi connectivity index (χ2n) is 16.5. The molecule has 2 saturated heterocycles. The lowest BCUT2D eigenvalue weighted by molar-refractivity contribution is -0.137. The first-order valence-corrected chi connectivity index (χ1v) is 19.7. The molecular weight excluding hydrogens is 679 g/mol. The molecule has 11 nitrogen and oxygen atoms in total. The molecule has 0 unspecified atom stereocenters. The number of methoxy groups -OCH3 is 1. The number of carbonyl (C=O) groups is 3. The van der Waals surface area contributed by atoms with Gasteiger partial charge in [-0.2, -0.15) is 0 Å². The molecule has 8 rings (SSSR count). The van der Waals surface area contributed by atoms with Crippen LogP contribution >= 0.6 is 0 Å². The summed E-state index contributed by atoms with van der Waals surface area (Å²) < 4.78 is 4.76. The average molecular weight is 730 g/mol. The summed E-state index contributed by atoms with van der Waals surface area (Å²) in [5.41, 5.74) is 5.59. The molecule has 54 heavy (non-hydrogen) atoms. The molecule has 1 spiro atoms. The van der Waals surface area contributed by atoms with E-state index >= 15 is 0 Å². The van der Waals surface area contributed by atoms with Crippen molar-refractivity contribution in [1.82, 2.24) is 35.1 Å². The molecular formula is C43H51N7O4. The number of amides is 3. The number of imidazole rings is 2. The third kappa shape index (κ3) is 7.10. The van der Waals surface area contributed by atoms with E-state index in [1.165, 1.54) is 20.0 Å². The normalized spacial score (nSPS) is 22.7. The fourth-order valence-corrected chi connectivity index (χ4v) is 8.43. The molecule has 4 aliphatic rings. The van der Waals surface area contributed by atoms with Gasteiger partial charge in [0.25, 0.3) is 0 Å². The first-order chi connectivity index (χ1) is 26.0. The minimum absolute atomic E-state index is 0.0180. The third-order valence-electron chi connectivity index (χ3n) is 12.5. The lowest BCUT2D eigenvalue weighted by Crippen LogP contribution is -2.48. The van der Waals surface area contributed by atoms with Crippen LogP contribution in [0.1, 0.15) is 108 Å². The zero-order chi connectivity index (χ0) is 37.7. The Hall–Kier alpha value is -5.11. The van der Waals surface area contributed by atoms with Gasteiger partial charge in [0.05, 0.1) is 42.1 Å². The number of carbonyl (C=O) groups excluding carboxylic acids is 3. The molecule has 4 heterocycles. The third-order valence-corrected chi connectivity index (χ3v) is 12.5. The maximum Gasteiger partial charge on any atom is 0.407 e. The van der Waals surface area contributed by atoms with Crippen molar-refractivity contribution in [2.24, 2.45) is 29.1 Å². The highest BCUT2D eigenvalue weighted by Gasteiger charge is 2.55. The SMILES string of the molecule is CC[C@H](NC(=O)OC)C(=O)N1CC2(CC2)C[C@H]1c1ncc(-c2ccc(C#Cc3ccc4nc([C@@H]5C[C@H](C6CC6)CN5C(=O)[C@@H](C)C(C)C)[nH]c4c3)cc2)[nH]1. The number of H-pyrrole nitrogens is 2. The fourth-order valence-electron chi connectivity index (χ4n) is 8.43. The lowest BCUT2D eigenvalue weighted by Gasteiger charge is -2.28. The van der Waals surface area contributed by atoms with Crippen LogP contribution in [0.2, 0.25) is 0 Å². The Kier molecular flexibility index (Phi) is 9.49. The minimum atomic E-state index is -0.645. The first kappa shape index (κ1) is 35.9. The van der Waals surface area contributed by atoms with E-state index in [0.717, 1.165) is 83.2 Å². The predicted molar refractivity (Wildman–Crippen MR) is 206 cm³/mol. The molecule has 11 heteroatoms. The summed E-state index contributed by atoms with van der Waals surface area (Å²) in [6.45, 7) is 9.68. The van der Waals surface area contributed by atoms with Gasteiger partial charge in [-0.25, -0.2) is 14.8 Å². The number of aromatic nitrogens is 4. The van der Waals surface area contributed by atoms with E-state index in [9.17, 15) is 14.4 Å². The molecule has 5 atom stereocenters. The van der Waals surface area contributed by atoms with Crippen LogP contribution < -0.4 is 5.32 Å². The smallest absolute Gasteiger partial charge is 0.407 e. The number of nitrogens with zero attached hydrogens (tertiary/aromatic N) is 4. The summed E-state index contributed by atoms with van der Waals surface area (Å²) in [5, 5.41) is 2.70. The number of ether oxygens (including phenoxy) is 1. The van der Waals surface area contributed by atoms with Crippen molar-refractivity contribution in [3.8, 4) is 23.1 Å². The van der Waals surface area contributed by atoms with Gasteiger partial charge in [0.15, 0.2) is 0 Å². The summed E-state index contributed by atoms with van der Waals surface area (Å²) in [5.74, 6) is 9.97. The van der Waals surface area contributed by atoms with E-state index in [-0.39, 0.29) is 35.2 Å². The summed E-state index contributed by atoms with van der Waals surface area (Å²) >= 11 is 0. The molecule has 4 fully saturated rings. The second-order valence-corrected chi connectivity index (χ2v) is 16.5. The number of fused-ring (bicyclic) bond motifs is 1. The molecule has 282 valence electrons. The molecule has 2 aromatic carbocycles. The van der Waals surface area contributed by atoms with E-state index < -0.39 is 12.1 Å². The molecule has 2 aliphatic carbocycles. The van der Waals surface area contributed by atoms with E-state index in [0.29, 0.717) is 24.8 Å². The van der Waals surface area contributed by atoms with Gasteiger partial charge >= 0.3 is 6.09 Å². The van der Waals surface area contributed by atoms with Crippen molar-refractivity contribution in [2.45, 2.75) is 90.8 Å². The van der Waals surface area contributed by atoms with Gasteiger partial charge in [-0.3, -0.25) is 9.59 Å². The molecule has 3 amide bonds. The zero-order valence-corrected chi connectivity index (χ0v) is 31.9. The molecule has 0 radical (unpaired) electrons. The molecule has 2 saturated carbocycles. The van der Waals surface area contributed by atoms with E-state index in [1.54, 1.807) is 0 Å². The summed E-state index contributed by atoms with van der Waals surface area (Å²) in [6.07, 6.45) is 8.27. The zero-order valence-electron chi connectivity index (χ0n) is 31.9. The topological polar surface area (TPSA) is 136 Å². The van der Waals surface area contributed by atoms with Gasteiger partial charge < -0.3 is 29.8 Å².